The molecule has 0 saturated carbocycles. The van der Waals surface area contributed by atoms with Crippen LogP contribution in [0.5, 0.6) is 6.01 Å². The van der Waals surface area contributed by atoms with E-state index in [4.69, 9.17) is 16.9 Å². The van der Waals surface area contributed by atoms with Gasteiger partial charge >= 0.3 is 0 Å². The maximum atomic E-state index is 5.84. The van der Waals surface area contributed by atoms with Gasteiger partial charge < -0.3 is 10.5 Å². The minimum absolute atomic E-state index is 0.0319. The Morgan fingerprint density at radius 1 is 1.69 bits per heavy atom. The average Bonchev–Trinajstić information content (AvgIpc) is 2.67. The van der Waals surface area contributed by atoms with Gasteiger partial charge in [-0.3, -0.25) is 4.57 Å². The van der Waals surface area contributed by atoms with Crippen LogP contribution in [0.4, 0.5) is 0 Å². The van der Waals surface area contributed by atoms with Crippen LogP contribution in [-0.2, 0) is 6.54 Å². The van der Waals surface area contributed by atoms with Crippen molar-refractivity contribution in [3.8, 4) is 18.4 Å². The molecular formula is C12H19N3O. The lowest BCUT2D eigenvalue weighted by molar-refractivity contribution is 0.274. The fourth-order valence-corrected chi connectivity index (χ4v) is 1.51. The maximum absolute atomic E-state index is 5.84. The number of nitrogens with zero attached hydrogens (tertiary/aromatic N) is 2. The van der Waals surface area contributed by atoms with Gasteiger partial charge in [-0.2, -0.15) is 0 Å². The summed E-state index contributed by atoms with van der Waals surface area (Å²) in [4.78, 5) is 4.21. The smallest absolute Gasteiger partial charge is 0.296 e. The van der Waals surface area contributed by atoms with Gasteiger partial charge in [0.1, 0.15) is 0 Å². The van der Waals surface area contributed by atoms with Crippen molar-refractivity contribution in [2.45, 2.75) is 39.3 Å². The molecule has 88 valence electrons. The Bertz CT molecular complexity index is 363. The van der Waals surface area contributed by atoms with Crippen molar-refractivity contribution in [3.05, 3.63) is 11.9 Å². The molecule has 0 aliphatic carbocycles. The standard InChI is InChI=1S/C12H19N3O/c1-4-6-7-8-16-12-14-9-11(10(3)13)15(12)5-2/h1,9-10H,5-8,13H2,2-3H3. The maximum Gasteiger partial charge on any atom is 0.296 e. The molecule has 1 unspecified atom stereocenters. The van der Waals surface area contributed by atoms with E-state index in [2.05, 4.69) is 10.9 Å². The summed E-state index contributed by atoms with van der Waals surface area (Å²) < 4.78 is 7.55. The molecule has 16 heavy (non-hydrogen) atoms. The Morgan fingerprint density at radius 2 is 2.44 bits per heavy atom. The predicted octanol–water partition coefficient (Wildman–Crippen LogP) is 1.71. The van der Waals surface area contributed by atoms with Crippen LogP contribution in [0.3, 0.4) is 0 Å². The summed E-state index contributed by atoms with van der Waals surface area (Å²) >= 11 is 0. The molecule has 1 aromatic heterocycles. The van der Waals surface area contributed by atoms with Crippen LogP contribution in [0.1, 0.15) is 38.4 Å². The van der Waals surface area contributed by atoms with Crippen molar-refractivity contribution in [1.82, 2.24) is 9.55 Å². The van der Waals surface area contributed by atoms with Gasteiger partial charge in [-0.15, -0.1) is 12.3 Å². The van der Waals surface area contributed by atoms with Gasteiger partial charge in [-0.05, 0) is 20.3 Å². The van der Waals surface area contributed by atoms with Gasteiger partial charge in [0.2, 0.25) is 0 Å². The molecule has 0 bridgehead atoms. The molecule has 1 aromatic rings. The first kappa shape index (κ1) is 12.6. The Labute approximate surface area is 96.8 Å². The van der Waals surface area contributed by atoms with E-state index >= 15 is 0 Å². The molecule has 0 saturated heterocycles. The molecule has 1 atom stereocenters. The van der Waals surface area contributed by atoms with Gasteiger partial charge in [0.15, 0.2) is 0 Å². The molecule has 2 N–H and O–H groups in total. The van der Waals surface area contributed by atoms with Crippen LogP contribution in [0.15, 0.2) is 6.20 Å². The summed E-state index contributed by atoms with van der Waals surface area (Å²) in [5, 5.41) is 0. The quantitative estimate of drug-likeness (QED) is 0.587. The molecule has 4 heteroatoms. The first-order valence-corrected chi connectivity index (χ1v) is 5.58. The van der Waals surface area contributed by atoms with Crippen LogP contribution < -0.4 is 10.5 Å². The summed E-state index contributed by atoms with van der Waals surface area (Å²) in [6.07, 6.45) is 8.51. The molecule has 0 aliphatic heterocycles. The number of terminal acetylenes is 1. The topological polar surface area (TPSA) is 53.1 Å². The second-order valence-corrected chi connectivity index (χ2v) is 3.65. The fraction of sp³-hybridized carbons (Fsp3) is 0.583. The zero-order valence-corrected chi connectivity index (χ0v) is 9.94. The van der Waals surface area contributed by atoms with Gasteiger partial charge in [0, 0.05) is 19.0 Å². The molecule has 0 fully saturated rings. The fourth-order valence-electron chi connectivity index (χ4n) is 1.51. The molecule has 0 spiro atoms. The second kappa shape index (κ2) is 6.19. The highest BCUT2D eigenvalue weighted by Crippen LogP contribution is 2.17. The number of rotatable bonds is 6. The lowest BCUT2D eigenvalue weighted by atomic mass is 10.3. The summed E-state index contributed by atoms with van der Waals surface area (Å²) in [5.41, 5.74) is 6.83. The Hall–Kier alpha value is -1.47. The third kappa shape index (κ3) is 3.01. The van der Waals surface area contributed by atoms with Gasteiger partial charge in [0.05, 0.1) is 18.5 Å². The van der Waals surface area contributed by atoms with Crippen molar-refractivity contribution in [2.75, 3.05) is 6.61 Å². The van der Waals surface area contributed by atoms with E-state index in [-0.39, 0.29) is 6.04 Å². The summed E-state index contributed by atoms with van der Waals surface area (Å²) in [7, 11) is 0. The van der Waals surface area contributed by atoms with Crippen LogP contribution in [0, 0.1) is 12.3 Å². The summed E-state index contributed by atoms with van der Waals surface area (Å²) in [5.74, 6) is 2.58. The molecule has 4 nitrogen and oxygen atoms in total. The minimum Gasteiger partial charge on any atom is -0.465 e. The highest BCUT2D eigenvalue weighted by atomic mass is 16.5. The average molecular weight is 221 g/mol. The molecule has 1 rings (SSSR count). The van der Waals surface area contributed by atoms with Crippen molar-refractivity contribution < 1.29 is 4.74 Å². The molecule has 0 aromatic carbocycles. The lowest BCUT2D eigenvalue weighted by Crippen LogP contribution is -2.13. The molecule has 0 aliphatic rings. The number of aromatic nitrogens is 2. The minimum atomic E-state index is -0.0319. The van der Waals surface area contributed by atoms with Gasteiger partial charge in [-0.1, -0.05) is 0 Å². The lowest BCUT2D eigenvalue weighted by Gasteiger charge is -2.11. The normalized spacial score (nSPS) is 12.1. The van der Waals surface area contributed by atoms with E-state index in [0.29, 0.717) is 12.6 Å². The van der Waals surface area contributed by atoms with E-state index in [1.165, 1.54) is 0 Å². The zero-order valence-electron chi connectivity index (χ0n) is 9.94. The third-order valence-electron chi connectivity index (χ3n) is 2.33. The number of ether oxygens (including phenoxy) is 1. The van der Waals surface area contributed by atoms with Gasteiger partial charge in [0.25, 0.3) is 6.01 Å². The SMILES string of the molecule is C#CCCCOc1ncc(C(C)N)n1CC. The first-order chi connectivity index (χ1) is 7.70. The number of nitrogens with two attached hydrogens (primary N) is 1. The van der Waals surface area contributed by atoms with E-state index in [0.717, 1.165) is 25.1 Å². The van der Waals surface area contributed by atoms with Crippen LogP contribution in [0.25, 0.3) is 0 Å². The highest BCUT2D eigenvalue weighted by molar-refractivity contribution is 5.12. The molecule has 0 amide bonds. The Morgan fingerprint density at radius 3 is 3.00 bits per heavy atom. The largest absolute Gasteiger partial charge is 0.465 e. The monoisotopic (exact) mass is 221 g/mol. The van der Waals surface area contributed by atoms with Crippen molar-refractivity contribution in [1.29, 1.82) is 0 Å². The van der Waals surface area contributed by atoms with E-state index in [1.807, 2.05) is 18.4 Å². The number of unbranched alkanes of at least 4 members (excludes halogenated alkanes) is 1. The van der Waals surface area contributed by atoms with Crippen LogP contribution >= 0.6 is 0 Å². The zero-order chi connectivity index (χ0) is 12.0. The van der Waals surface area contributed by atoms with Crippen molar-refractivity contribution in [2.24, 2.45) is 5.73 Å². The Balaban J connectivity index is 2.63. The van der Waals surface area contributed by atoms with Gasteiger partial charge in [-0.25, -0.2) is 4.98 Å². The number of hydrogen-bond donors (Lipinski definition) is 1. The van der Waals surface area contributed by atoms with E-state index < -0.39 is 0 Å². The predicted molar refractivity (Wildman–Crippen MR) is 64.1 cm³/mol. The molecule has 1 heterocycles. The van der Waals surface area contributed by atoms with Crippen LogP contribution in [0.2, 0.25) is 0 Å². The Kier molecular flexibility index (Phi) is 4.87. The first-order valence-electron chi connectivity index (χ1n) is 5.58. The van der Waals surface area contributed by atoms with E-state index in [1.54, 1.807) is 6.20 Å². The third-order valence-corrected chi connectivity index (χ3v) is 2.33. The van der Waals surface area contributed by atoms with E-state index in [9.17, 15) is 0 Å². The van der Waals surface area contributed by atoms with Crippen molar-refractivity contribution in [3.63, 3.8) is 0 Å². The summed E-state index contributed by atoms with van der Waals surface area (Å²) in [6, 6.07) is 0.599. The second-order valence-electron chi connectivity index (χ2n) is 3.65. The number of hydrogen-bond acceptors (Lipinski definition) is 3. The molecule has 0 radical (unpaired) electrons. The van der Waals surface area contributed by atoms with Crippen molar-refractivity contribution >= 4 is 0 Å². The highest BCUT2D eigenvalue weighted by Gasteiger charge is 2.12. The molecular weight excluding hydrogens is 202 g/mol. The number of imidazole rings is 1. The summed E-state index contributed by atoms with van der Waals surface area (Å²) in [6.45, 7) is 5.38. The van der Waals surface area contributed by atoms with Crippen LogP contribution in [-0.4, -0.2) is 16.2 Å².